The van der Waals surface area contributed by atoms with Gasteiger partial charge in [-0.1, -0.05) is 0 Å². The summed E-state index contributed by atoms with van der Waals surface area (Å²) in [4.78, 5) is 16.0. The van der Waals surface area contributed by atoms with Gasteiger partial charge in [-0.3, -0.25) is 9.48 Å². The highest BCUT2D eigenvalue weighted by atomic mass is 32.1. The van der Waals surface area contributed by atoms with Crippen molar-refractivity contribution < 1.29 is 0 Å². The van der Waals surface area contributed by atoms with Crippen LogP contribution in [0, 0.1) is 0 Å². The molecule has 0 amide bonds. The van der Waals surface area contributed by atoms with Crippen LogP contribution in [0.15, 0.2) is 26.6 Å². The number of nitrogen functional groups attached to an aromatic ring is 1. The van der Waals surface area contributed by atoms with E-state index in [-0.39, 0.29) is 11.2 Å². The van der Waals surface area contributed by atoms with Gasteiger partial charge in [-0.15, -0.1) is 21.6 Å². The van der Waals surface area contributed by atoms with Crippen molar-refractivity contribution in [2.75, 3.05) is 5.73 Å². The topological polar surface area (TPSA) is 90.6 Å². The Kier molecular flexibility index (Phi) is 3.56. The SMILES string of the molecule is CCn1c(N)c(N=Nc2nccs2)c(=O)n1CC. The van der Waals surface area contributed by atoms with Crippen molar-refractivity contribution in [3.8, 4) is 0 Å². The normalized spacial score (nSPS) is 11.4. The van der Waals surface area contributed by atoms with E-state index in [4.69, 9.17) is 5.73 Å². The molecule has 2 aromatic heterocycles. The highest BCUT2D eigenvalue weighted by Crippen LogP contribution is 2.22. The van der Waals surface area contributed by atoms with Crippen LogP contribution in [0.25, 0.3) is 0 Å². The molecule has 2 heterocycles. The first-order valence-electron chi connectivity index (χ1n) is 5.59. The molecule has 0 unspecified atom stereocenters. The Balaban J connectivity index is 2.46. The lowest BCUT2D eigenvalue weighted by atomic mass is 10.5. The van der Waals surface area contributed by atoms with Gasteiger partial charge in [-0.05, 0) is 13.8 Å². The Morgan fingerprint density at radius 2 is 2.06 bits per heavy atom. The molecular formula is C10H14N6OS. The minimum atomic E-state index is -0.225. The lowest BCUT2D eigenvalue weighted by Crippen LogP contribution is -2.21. The lowest BCUT2D eigenvalue weighted by Gasteiger charge is -2.07. The molecule has 0 aliphatic heterocycles. The van der Waals surface area contributed by atoms with E-state index in [1.807, 2.05) is 13.8 Å². The number of nitrogens with two attached hydrogens (primary N) is 1. The molecule has 96 valence electrons. The molecule has 2 aromatic rings. The van der Waals surface area contributed by atoms with Crippen LogP contribution in [0.1, 0.15) is 13.8 Å². The van der Waals surface area contributed by atoms with Gasteiger partial charge in [-0.2, -0.15) is 0 Å². The zero-order valence-corrected chi connectivity index (χ0v) is 11.0. The smallest absolute Gasteiger partial charge is 0.296 e. The second-order valence-electron chi connectivity index (χ2n) is 3.49. The van der Waals surface area contributed by atoms with Crippen molar-refractivity contribution in [3.63, 3.8) is 0 Å². The number of nitrogens with zero attached hydrogens (tertiary/aromatic N) is 5. The van der Waals surface area contributed by atoms with Crippen molar-refractivity contribution in [3.05, 3.63) is 21.9 Å². The number of rotatable bonds is 4. The van der Waals surface area contributed by atoms with E-state index in [1.165, 1.54) is 11.3 Å². The largest absolute Gasteiger partial charge is 0.382 e. The summed E-state index contributed by atoms with van der Waals surface area (Å²) in [5, 5.41) is 10.1. The first-order chi connectivity index (χ1) is 8.69. The molecular weight excluding hydrogens is 252 g/mol. The molecule has 2 rings (SSSR count). The van der Waals surface area contributed by atoms with Gasteiger partial charge in [0.05, 0.1) is 0 Å². The molecule has 0 saturated carbocycles. The predicted octanol–water partition coefficient (Wildman–Crippen LogP) is 2.14. The molecule has 0 saturated heterocycles. The molecule has 7 nitrogen and oxygen atoms in total. The first-order valence-corrected chi connectivity index (χ1v) is 6.47. The minimum Gasteiger partial charge on any atom is -0.382 e. The molecule has 8 heteroatoms. The van der Waals surface area contributed by atoms with Crippen molar-refractivity contribution >= 4 is 28.0 Å². The van der Waals surface area contributed by atoms with Crippen LogP contribution in [0.4, 0.5) is 16.6 Å². The summed E-state index contributed by atoms with van der Waals surface area (Å²) in [6.07, 6.45) is 1.63. The summed E-state index contributed by atoms with van der Waals surface area (Å²) in [6.45, 7) is 4.96. The summed E-state index contributed by atoms with van der Waals surface area (Å²) in [7, 11) is 0. The Hall–Kier alpha value is -1.96. The van der Waals surface area contributed by atoms with Gasteiger partial charge in [0.1, 0.15) is 0 Å². The van der Waals surface area contributed by atoms with Crippen LogP contribution < -0.4 is 11.3 Å². The summed E-state index contributed by atoms with van der Waals surface area (Å²) in [5.41, 5.74) is 5.85. The average molecular weight is 266 g/mol. The van der Waals surface area contributed by atoms with Crippen molar-refractivity contribution in [2.24, 2.45) is 10.2 Å². The fourth-order valence-electron chi connectivity index (χ4n) is 1.70. The van der Waals surface area contributed by atoms with E-state index < -0.39 is 0 Å². The summed E-state index contributed by atoms with van der Waals surface area (Å²) < 4.78 is 3.24. The fourth-order valence-corrected chi connectivity index (χ4v) is 2.15. The third kappa shape index (κ3) is 2.06. The maximum absolute atomic E-state index is 12.1. The molecule has 0 aliphatic rings. The number of azo groups is 1. The minimum absolute atomic E-state index is 0.175. The monoisotopic (exact) mass is 266 g/mol. The van der Waals surface area contributed by atoms with Crippen molar-refractivity contribution in [1.29, 1.82) is 0 Å². The van der Waals surface area contributed by atoms with E-state index >= 15 is 0 Å². The summed E-state index contributed by atoms with van der Waals surface area (Å²) in [5.74, 6) is 0.338. The molecule has 0 aromatic carbocycles. The van der Waals surface area contributed by atoms with Gasteiger partial charge in [0.15, 0.2) is 11.5 Å². The van der Waals surface area contributed by atoms with Gasteiger partial charge in [0, 0.05) is 24.7 Å². The zero-order chi connectivity index (χ0) is 13.1. The molecule has 0 spiro atoms. The molecule has 0 aliphatic carbocycles. The van der Waals surface area contributed by atoms with E-state index in [0.29, 0.717) is 24.0 Å². The average Bonchev–Trinajstić information content (AvgIpc) is 2.94. The van der Waals surface area contributed by atoms with Crippen molar-refractivity contribution in [2.45, 2.75) is 26.9 Å². The van der Waals surface area contributed by atoms with E-state index in [0.717, 1.165) is 0 Å². The van der Waals surface area contributed by atoms with Crippen LogP contribution in [-0.2, 0) is 13.1 Å². The molecule has 2 N–H and O–H groups in total. The molecule has 0 atom stereocenters. The summed E-state index contributed by atoms with van der Waals surface area (Å²) in [6, 6.07) is 0. The Morgan fingerprint density at radius 3 is 2.56 bits per heavy atom. The molecule has 0 bridgehead atoms. The summed E-state index contributed by atoms with van der Waals surface area (Å²) >= 11 is 1.35. The van der Waals surface area contributed by atoms with Gasteiger partial charge < -0.3 is 5.73 Å². The predicted molar refractivity (Wildman–Crippen MR) is 70.7 cm³/mol. The standard InChI is InChI=1S/C10H14N6OS/c1-3-15-8(11)7(9(17)16(15)4-2)13-14-10-12-5-6-18-10/h5-6H,3-4,11H2,1-2H3. The highest BCUT2D eigenvalue weighted by Gasteiger charge is 2.15. The van der Waals surface area contributed by atoms with Crippen LogP contribution in [0.5, 0.6) is 0 Å². The maximum Gasteiger partial charge on any atom is 0.296 e. The number of hydrogen-bond donors (Lipinski definition) is 1. The Labute approximate surface area is 108 Å². The van der Waals surface area contributed by atoms with Gasteiger partial charge in [0.2, 0.25) is 5.13 Å². The Morgan fingerprint density at radius 1 is 1.33 bits per heavy atom. The third-order valence-corrected chi connectivity index (χ3v) is 3.16. The van der Waals surface area contributed by atoms with Crippen LogP contribution >= 0.6 is 11.3 Å². The number of aromatic nitrogens is 3. The van der Waals surface area contributed by atoms with Gasteiger partial charge >= 0.3 is 0 Å². The second-order valence-corrected chi connectivity index (χ2v) is 4.36. The zero-order valence-electron chi connectivity index (χ0n) is 10.2. The quantitative estimate of drug-likeness (QED) is 0.859. The van der Waals surface area contributed by atoms with E-state index in [2.05, 4.69) is 15.2 Å². The fraction of sp³-hybridized carbons (Fsp3) is 0.400. The second kappa shape index (κ2) is 5.13. The van der Waals surface area contributed by atoms with Gasteiger partial charge in [0.25, 0.3) is 5.56 Å². The molecule has 0 radical (unpaired) electrons. The van der Waals surface area contributed by atoms with Crippen LogP contribution in [-0.4, -0.2) is 14.3 Å². The highest BCUT2D eigenvalue weighted by molar-refractivity contribution is 7.13. The maximum atomic E-state index is 12.1. The van der Waals surface area contributed by atoms with Crippen LogP contribution in [0.3, 0.4) is 0 Å². The van der Waals surface area contributed by atoms with Gasteiger partial charge in [-0.25, -0.2) is 9.67 Å². The molecule has 18 heavy (non-hydrogen) atoms. The number of thiazole rings is 1. The molecule has 0 fully saturated rings. The van der Waals surface area contributed by atoms with Crippen LogP contribution in [0.2, 0.25) is 0 Å². The Bertz CT molecular complexity index is 609. The first kappa shape index (κ1) is 12.5. The van der Waals surface area contributed by atoms with E-state index in [1.54, 1.807) is 20.9 Å². The van der Waals surface area contributed by atoms with E-state index in [9.17, 15) is 4.79 Å². The number of hydrogen-bond acceptors (Lipinski definition) is 6. The van der Waals surface area contributed by atoms with Crippen molar-refractivity contribution in [1.82, 2.24) is 14.3 Å². The lowest BCUT2D eigenvalue weighted by molar-refractivity contribution is 0.483. The third-order valence-electron chi connectivity index (χ3n) is 2.50. The number of anilines is 1.